The summed E-state index contributed by atoms with van der Waals surface area (Å²) in [6.45, 7) is 8.27. The Labute approximate surface area is 172 Å². The Morgan fingerprint density at radius 3 is 2.28 bits per heavy atom. The first-order chi connectivity index (χ1) is 13.6. The van der Waals surface area contributed by atoms with E-state index in [-0.39, 0.29) is 24.9 Å². The Bertz CT molecular complexity index is 732. The van der Waals surface area contributed by atoms with Crippen molar-refractivity contribution in [3.05, 3.63) is 30.3 Å². The fraction of sp³-hybridized carbons (Fsp3) is 0.571. The van der Waals surface area contributed by atoms with Crippen molar-refractivity contribution in [1.82, 2.24) is 15.5 Å². The average Bonchev–Trinajstić information content (AvgIpc) is 2.69. The number of benzene rings is 1. The largest absolute Gasteiger partial charge is 0.480 e. The molecule has 1 aliphatic heterocycles. The Morgan fingerprint density at radius 2 is 1.76 bits per heavy atom. The van der Waals surface area contributed by atoms with Crippen LogP contribution in [0.2, 0.25) is 0 Å². The molecule has 1 saturated heterocycles. The van der Waals surface area contributed by atoms with Gasteiger partial charge in [0.15, 0.2) is 0 Å². The van der Waals surface area contributed by atoms with Crippen LogP contribution >= 0.6 is 0 Å². The van der Waals surface area contributed by atoms with E-state index in [9.17, 15) is 19.5 Å². The molecule has 0 saturated carbocycles. The molecule has 29 heavy (non-hydrogen) atoms. The summed E-state index contributed by atoms with van der Waals surface area (Å²) in [5.74, 6) is -1.72. The Hall–Kier alpha value is -2.61. The molecule has 1 fully saturated rings. The molecule has 160 valence electrons. The van der Waals surface area contributed by atoms with Crippen molar-refractivity contribution in [2.45, 2.75) is 45.8 Å². The molecular weight excluding hydrogens is 372 g/mol. The van der Waals surface area contributed by atoms with Gasteiger partial charge < -0.3 is 25.5 Å². The maximum absolute atomic E-state index is 13.4. The van der Waals surface area contributed by atoms with E-state index in [1.165, 1.54) is 4.90 Å². The van der Waals surface area contributed by atoms with E-state index in [0.29, 0.717) is 6.54 Å². The molecule has 3 unspecified atom stereocenters. The second-order valence-electron chi connectivity index (χ2n) is 8.49. The maximum Gasteiger partial charge on any atom is 0.328 e. The Balaban J connectivity index is 2.23. The first-order valence-electron chi connectivity index (χ1n) is 9.87. The predicted molar refractivity (Wildman–Crippen MR) is 112 cm³/mol. The third-order valence-corrected chi connectivity index (χ3v) is 5.30. The van der Waals surface area contributed by atoms with Crippen LogP contribution in [0.15, 0.2) is 30.3 Å². The summed E-state index contributed by atoms with van der Waals surface area (Å²) >= 11 is 0. The number of hydrogen-bond donors (Lipinski definition) is 3. The zero-order valence-electron chi connectivity index (χ0n) is 17.8. The molecule has 2 rings (SSSR count). The van der Waals surface area contributed by atoms with Gasteiger partial charge in [0.1, 0.15) is 12.1 Å². The summed E-state index contributed by atoms with van der Waals surface area (Å²) in [6.07, 6.45) is 0. The molecule has 1 heterocycles. The molecule has 1 aromatic rings. The van der Waals surface area contributed by atoms with Gasteiger partial charge in [-0.05, 0) is 31.5 Å². The van der Waals surface area contributed by atoms with Crippen LogP contribution in [0.25, 0.3) is 0 Å². The smallest absolute Gasteiger partial charge is 0.328 e. The van der Waals surface area contributed by atoms with Crippen LogP contribution in [-0.2, 0) is 14.4 Å². The SMILES string of the molecule is CNC(C)C(=O)NC(C(=O)N1CCN(c2ccccc2)CC1C(=O)O)C(C)(C)C. The first kappa shape index (κ1) is 22.7. The highest BCUT2D eigenvalue weighted by atomic mass is 16.4. The molecule has 1 aromatic carbocycles. The monoisotopic (exact) mass is 404 g/mol. The molecule has 8 nitrogen and oxygen atoms in total. The molecule has 0 spiro atoms. The zero-order chi connectivity index (χ0) is 21.8. The Kier molecular flexibility index (Phi) is 7.24. The van der Waals surface area contributed by atoms with Crippen molar-refractivity contribution >= 4 is 23.5 Å². The zero-order valence-corrected chi connectivity index (χ0v) is 17.8. The van der Waals surface area contributed by atoms with Gasteiger partial charge in [-0.2, -0.15) is 0 Å². The minimum atomic E-state index is -1.05. The number of amides is 2. The highest BCUT2D eigenvalue weighted by molar-refractivity contribution is 5.92. The first-order valence-corrected chi connectivity index (χ1v) is 9.87. The van der Waals surface area contributed by atoms with Crippen LogP contribution in [0, 0.1) is 5.41 Å². The van der Waals surface area contributed by atoms with E-state index in [0.717, 1.165) is 5.69 Å². The third kappa shape index (κ3) is 5.47. The minimum absolute atomic E-state index is 0.197. The summed E-state index contributed by atoms with van der Waals surface area (Å²) in [4.78, 5) is 41.1. The summed E-state index contributed by atoms with van der Waals surface area (Å²) in [5.41, 5.74) is 0.356. The second-order valence-corrected chi connectivity index (χ2v) is 8.49. The highest BCUT2D eigenvalue weighted by Crippen LogP contribution is 2.25. The maximum atomic E-state index is 13.4. The van der Waals surface area contributed by atoms with E-state index in [4.69, 9.17) is 0 Å². The van der Waals surface area contributed by atoms with E-state index < -0.39 is 29.5 Å². The number of carboxylic acids is 1. The highest BCUT2D eigenvalue weighted by Gasteiger charge is 2.42. The van der Waals surface area contributed by atoms with Gasteiger partial charge in [-0.3, -0.25) is 9.59 Å². The standard InChI is InChI=1S/C21H32N4O4/c1-14(22-5)18(26)23-17(21(2,3)4)19(27)25-12-11-24(13-16(25)20(28)29)15-9-7-6-8-10-15/h6-10,14,16-17,22H,11-13H2,1-5H3,(H,23,26)(H,28,29). The summed E-state index contributed by atoms with van der Waals surface area (Å²) in [5, 5.41) is 15.5. The number of anilines is 1. The average molecular weight is 405 g/mol. The lowest BCUT2D eigenvalue weighted by Crippen LogP contribution is -2.64. The molecule has 0 aromatic heterocycles. The van der Waals surface area contributed by atoms with E-state index in [1.54, 1.807) is 14.0 Å². The van der Waals surface area contributed by atoms with Crippen molar-refractivity contribution in [3.63, 3.8) is 0 Å². The van der Waals surface area contributed by atoms with Crippen molar-refractivity contribution in [2.24, 2.45) is 5.41 Å². The van der Waals surface area contributed by atoms with E-state index in [1.807, 2.05) is 56.0 Å². The fourth-order valence-electron chi connectivity index (χ4n) is 3.34. The van der Waals surface area contributed by atoms with Gasteiger partial charge in [-0.15, -0.1) is 0 Å². The van der Waals surface area contributed by atoms with Crippen LogP contribution in [0.1, 0.15) is 27.7 Å². The van der Waals surface area contributed by atoms with Crippen LogP contribution in [0.3, 0.4) is 0 Å². The topological polar surface area (TPSA) is 102 Å². The number of carboxylic acid groups (broad SMARTS) is 1. The minimum Gasteiger partial charge on any atom is -0.480 e. The van der Waals surface area contributed by atoms with Crippen molar-refractivity contribution in [3.8, 4) is 0 Å². The number of likely N-dealkylation sites (N-methyl/N-ethyl adjacent to an activating group) is 1. The van der Waals surface area contributed by atoms with Gasteiger partial charge in [0.2, 0.25) is 11.8 Å². The van der Waals surface area contributed by atoms with Crippen LogP contribution in [0.5, 0.6) is 0 Å². The summed E-state index contributed by atoms with van der Waals surface area (Å²) in [7, 11) is 1.67. The second kappa shape index (κ2) is 9.26. The van der Waals surface area contributed by atoms with Crippen molar-refractivity contribution < 1.29 is 19.5 Å². The number of nitrogens with one attached hydrogen (secondary N) is 2. The van der Waals surface area contributed by atoms with Gasteiger partial charge in [-0.25, -0.2) is 4.79 Å². The fourth-order valence-corrected chi connectivity index (χ4v) is 3.34. The van der Waals surface area contributed by atoms with Gasteiger partial charge in [0, 0.05) is 25.3 Å². The summed E-state index contributed by atoms with van der Waals surface area (Å²) < 4.78 is 0. The number of rotatable bonds is 6. The van der Waals surface area contributed by atoms with Crippen LogP contribution < -0.4 is 15.5 Å². The van der Waals surface area contributed by atoms with Crippen molar-refractivity contribution in [1.29, 1.82) is 0 Å². The van der Waals surface area contributed by atoms with Crippen LogP contribution in [0.4, 0.5) is 5.69 Å². The number of carbonyl (C=O) groups is 3. The molecule has 0 aliphatic carbocycles. The number of aliphatic carboxylic acids is 1. The molecule has 0 bridgehead atoms. The van der Waals surface area contributed by atoms with Gasteiger partial charge in [0.05, 0.1) is 6.04 Å². The summed E-state index contributed by atoms with van der Waals surface area (Å²) in [6, 6.07) is 7.28. The number of hydrogen-bond acceptors (Lipinski definition) is 5. The quantitative estimate of drug-likeness (QED) is 0.652. The predicted octanol–water partition coefficient (Wildman–Crippen LogP) is 0.927. The molecule has 3 N–H and O–H groups in total. The molecule has 1 aliphatic rings. The number of para-hydroxylation sites is 1. The van der Waals surface area contributed by atoms with Gasteiger partial charge in [0.25, 0.3) is 0 Å². The van der Waals surface area contributed by atoms with Gasteiger partial charge in [-0.1, -0.05) is 39.0 Å². The lowest BCUT2D eigenvalue weighted by atomic mass is 9.85. The van der Waals surface area contributed by atoms with Gasteiger partial charge >= 0.3 is 5.97 Å². The molecular formula is C21H32N4O4. The third-order valence-electron chi connectivity index (χ3n) is 5.30. The normalized spacial score (nSPS) is 19.4. The van der Waals surface area contributed by atoms with E-state index in [2.05, 4.69) is 10.6 Å². The lowest BCUT2D eigenvalue weighted by molar-refractivity contribution is -0.153. The lowest BCUT2D eigenvalue weighted by Gasteiger charge is -2.43. The molecule has 8 heteroatoms. The number of carbonyl (C=O) groups excluding carboxylic acids is 2. The molecule has 2 amide bonds. The Morgan fingerprint density at radius 1 is 1.14 bits per heavy atom. The molecule has 0 radical (unpaired) electrons. The van der Waals surface area contributed by atoms with Crippen molar-refractivity contribution in [2.75, 3.05) is 31.6 Å². The number of piperazine rings is 1. The molecule has 3 atom stereocenters. The van der Waals surface area contributed by atoms with Crippen LogP contribution in [-0.4, -0.2) is 72.6 Å². The van der Waals surface area contributed by atoms with E-state index >= 15 is 0 Å². The number of nitrogens with zero attached hydrogens (tertiary/aromatic N) is 2.